The Morgan fingerprint density at radius 2 is 1.67 bits per heavy atom. The zero-order valence-corrected chi connectivity index (χ0v) is 12.6. The predicted molar refractivity (Wildman–Crippen MR) is 78.0 cm³/mol. The van der Waals surface area contributed by atoms with Gasteiger partial charge in [-0.1, -0.05) is 32.9 Å². The molecule has 0 saturated heterocycles. The number of rotatable bonds is 2. The number of hydrogen-bond donors (Lipinski definition) is 0. The lowest BCUT2D eigenvalue weighted by Gasteiger charge is -2.33. The smallest absolute Gasteiger partial charge is 0.121 e. The SMILES string of the molecule is Cc1cc(C(C)(C)C)ccc1N(C)C(C)(C)C#N. The third-order valence-corrected chi connectivity index (χ3v) is 3.54. The molecule has 2 heteroatoms. The van der Waals surface area contributed by atoms with E-state index in [1.165, 1.54) is 11.1 Å². The summed E-state index contributed by atoms with van der Waals surface area (Å²) in [5.41, 5.74) is 3.33. The van der Waals surface area contributed by atoms with E-state index in [0.29, 0.717) is 0 Å². The van der Waals surface area contributed by atoms with Crippen LogP contribution in [-0.2, 0) is 5.41 Å². The fraction of sp³-hybridized carbons (Fsp3) is 0.562. The normalized spacial score (nSPS) is 12.1. The molecule has 0 aromatic heterocycles. The standard InChI is InChI=1S/C16H24N2/c1-12-10-13(15(2,3)4)8-9-14(12)18(7)16(5,6)11-17/h8-10H,1-7H3. The molecule has 1 rings (SSSR count). The maximum absolute atomic E-state index is 9.21. The molecule has 1 aromatic rings. The summed E-state index contributed by atoms with van der Waals surface area (Å²) in [5, 5.41) is 9.21. The summed E-state index contributed by atoms with van der Waals surface area (Å²) < 4.78 is 0. The molecule has 0 aliphatic rings. The minimum Gasteiger partial charge on any atom is -0.357 e. The minimum absolute atomic E-state index is 0.159. The molecule has 0 aliphatic heterocycles. The molecular formula is C16H24N2. The molecule has 0 unspecified atom stereocenters. The van der Waals surface area contributed by atoms with Crippen molar-refractivity contribution in [3.05, 3.63) is 29.3 Å². The summed E-state index contributed by atoms with van der Waals surface area (Å²) in [5.74, 6) is 0. The number of benzene rings is 1. The molecule has 98 valence electrons. The van der Waals surface area contributed by atoms with Crippen LogP contribution in [0.3, 0.4) is 0 Å². The third kappa shape index (κ3) is 2.85. The fourth-order valence-corrected chi connectivity index (χ4v) is 1.87. The Morgan fingerprint density at radius 1 is 1.11 bits per heavy atom. The summed E-state index contributed by atoms with van der Waals surface area (Å²) in [4.78, 5) is 2.04. The van der Waals surface area contributed by atoms with E-state index in [0.717, 1.165) is 5.69 Å². The first-order chi connectivity index (χ1) is 8.09. The highest BCUT2D eigenvalue weighted by Gasteiger charge is 2.25. The van der Waals surface area contributed by atoms with Gasteiger partial charge < -0.3 is 4.90 Å². The van der Waals surface area contributed by atoms with Gasteiger partial charge in [0.2, 0.25) is 0 Å². The molecule has 0 heterocycles. The van der Waals surface area contributed by atoms with Gasteiger partial charge in [-0.15, -0.1) is 0 Å². The molecule has 0 fully saturated rings. The van der Waals surface area contributed by atoms with Crippen LogP contribution < -0.4 is 4.90 Å². The predicted octanol–water partition coefficient (Wildman–Crippen LogP) is 4.03. The molecule has 2 nitrogen and oxygen atoms in total. The van der Waals surface area contributed by atoms with Crippen molar-refractivity contribution in [2.45, 2.75) is 52.5 Å². The van der Waals surface area contributed by atoms with Crippen molar-refractivity contribution < 1.29 is 0 Å². The highest BCUT2D eigenvalue weighted by atomic mass is 15.2. The van der Waals surface area contributed by atoms with Crippen molar-refractivity contribution in [2.24, 2.45) is 0 Å². The summed E-state index contributed by atoms with van der Waals surface area (Å²) >= 11 is 0. The highest BCUT2D eigenvalue weighted by molar-refractivity contribution is 5.57. The molecule has 1 aromatic carbocycles. The van der Waals surface area contributed by atoms with E-state index in [1.54, 1.807) is 0 Å². The quantitative estimate of drug-likeness (QED) is 0.785. The van der Waals surface area contributed by atoms with Gasteiger partial charge in [-0.2, -0.15) is 5.26 Å². The monoisotopic (exact) mass is 244 g/mol. The Labute approximate surface area is 111 Å². The number of hydrogen-bond acceptors (Lipinski definition) is 2. The van der Waals surface area contributed by atoms with Gasteiger partial charge in [0, 0.05) is 12.7 Å². The highest BCUT2D eigenvalue weighted by Crippen LogP contribution is 2.30. The van der Waals surface area contributed by atoms with E-state index >= 15 is 0 Å². The van der Waals surface area contributed by atoms with E-state index in [1.807, 2.05) is 25.8 Å². The maximum atomic E-state index is 9.21. The summed E-state index contributed by atoms with van der Waals surface area (Å²) in [6.07, 6.45) is 0. The zero-order chi connectivity index (χ0) is 14.1. The Morgan fingerprint density at radius 3 is 2.06 bits per heavy atom. The molecule has 0 bridgehead atoms. The lowest BCUT2D eigenvalue weighted by atomic mass is 9.86. The van der Waals surface area contributed by atoms with Gasteiger partial charge in [0.1, 0.15) is 5.54 Å². The number of nitrogens with zero attached hydrogens (tertiary/aromatic N) is 2. The molecule has 0 N–H and O–H groups in total. The van der Waals surface area contributed by atoms with Crippen LogP contribution in [0.2, 0.25) is 0 Å². The van der Waals surface area contributed by atoms with Gasteiger partial charge in [-0.05, 0) is 43.4 Å². The topological polar surface area (TPSA) is 27.0 Å². The first kappa shape index (κ1) is 14.6. The summed E-state index contributed by atoms with van der Waals surface area (Å²) in [6.45, 7) is 12.6. The number of nitriles is 1. The maximum Gasteiger partial charge on any atom is 0.121 e. The molecule has 0 spiro atoms. The second-order valence-corrected chi connectivity index (χ2v) is 6.48. The van der Waals surface area contributed by atoms with Crippen molar-refractivity contribution in [2.75, 3.05) is 11.9 Å². The van der Waals surface area contributed by atoms with Crippen LogP contribution >= 0.6 is 0 Å². The van der Waals surface area contributed by atoms with Crippen LogP contribution in [-0.4, -0.2) is 12.6 Å². The van der Waals surface area contributed by atoms with E-state index in [9.17, 15) is 5.26 Å². The van der Waals surface area contributed by atoms with Gasteiger partial charge in [0.25, 0.3) is 0 Å². The minimum atomic E-state index is -0.492. The fourth-order valence-electron chi connectivity index (χ4n) is 1.87. The van der Waals surface area contributed by atoms with Gasteiger partial charge in [0.15, 0.2) is 0 Å². The largest absolute Gasteiger partial charge is 0.357 e. The first-order valence-corrected chi connectivity index (χ1v) is 6.36. The Hall–Kier alpha value is -1.49. The average Bonchev–Trinajstić information content (AvgIpc) is 2.26. The van der Waals surface area contributed by atoms with Gasteiger partial charge >= 0.3 is 0 Å². The first-order valence-electron chi connectivity index (χ1n) is 6.36. The Kier molecular flexibility index (Phi) is 3.76. The van der Waals surface area contributed by atoms with Crippen LogP contribution in [0.4, 0.5) is 5.69 Å². The van der Waals surface area contributed by atoms with E-state index in [-0.39, 0.29) is 5.41 Å². The summed E-state index contributed by atoms with van der Waals surface area (Å²) in [6, 6.07) is 8.84. The van der Waals surface area contributed by atoms with Crippen molar-refractivity contribution in [3.63, 3.8) is 0 Å². The van der Waals surface area contributed by atoms with Crippen LogP contribution in [0.25, 0.3) is 0 Å². The second-order valence-electron chi connectivity index (χ2n) is 6.48. The molecule has 18 heavy (non-hydrogen) atoms. The van der Waals surface area contributed by atoms with Gasteiger partial charge in [-0.25, -0.2) is 0 Å². The van der Waals surface area contributed by atoms with Crippen LogP contribution in [0.15, 0.2) is 18.2 Å². The van der Waals surface area contributed by atoms with E-state index < -0.39 is 5.54 Å². The lowest BCUT2D eigenvalue weighted by molar-refractivity contribution is 0.588. The third-order valence-electron chi connectivity index (χ3n) is 3.54. The average molecular weight is 244 g/mol. The number of anilines is 1. The zero-order valence-electron chi connectivity index (χ0n) is 12.6. The molecule has 0 aliphatic carbocycles. The van der Waals surface area contributed by atoms with Crippen LogP contribution in [0, 0.1) is 18.3 Å². The molecule has 0 radical (unpaired) electrons. The van der Waals surface area contributed by atoms with Crippen molar-refractivity contribution in [3.8, 4) is 6.07 Å². The molecular weight excluding hydrogens is 220 g/mol. The van der Waals surface area contributed by atoms with Crippen molar-refractivity contribution in [1.82, 2.24) is 0 Å². The number of aryl methyl sites for hydroxylation is 1. The molecule has 0 amide bonds. The van der Waals surface area contributed by atoms with E-state index in [4.69, 9.17) is 0 Å². The van der Waals surface area contributed by atoms with Gasteiger partial charge in [0.05, 0.1) is 6.07 Å². The van der Waals surface area contributed by atoms with Crippen LogP contribution in [0.5, 0.6) is 0 Å². The Balaban J connectivity index is 3.20. The van der Waals surface area contributed by atoms with Gasteiger partial charge in [-0.3, -0.25) is 0 Å². The van der Waals surface area contributed by atoms with Crippen molar-refractivity contribution in [1.29, 1.82) is 5.26 Å². The summed E-state index contributed by atoms with van der Waals surface area (Å²) in [7, 11) is 1.97. The Bertz CT molecular complexity index is 473. The second kappa shape index (κ2) is 4.65. The molecule has 0 atom stereocenters. The van der Waals surface area contributed by atoms with Crippen LogP contribution in [0.1, 0.15) is 45.7 Å². The van der Waals surface area contributed by atoms with Crippen molar-refractivity contribution >= 4 is 5.69 Å². The lowest BCUT2D eigenvalue weighted by Crippen LogP contribution is -2.40. The van der Waals surface area contributed by atoms with E-state index in [2.05, 4.69) is 52.0 Å². The molecule has 0 saturated carbocycles.